The standard InChI is InChI=1S/C22H22FN7O5S/c1-13(31)24-10-15-12-30(22(33)34-15)14-2-3-19(16(23)8-14)28-4-6-29(7-5-28)21(32)20-9-17(26-35-20)18-11-25-36-27-18/h2-3,8-9,11,15H,4-7,10,12H2,1H3,(H,24,31)/t15-/m0/s1. The van der Waals surface area contributed by atoms with Crippen molar-refractivity contribution < 1.29 is 28.0 Å². The lowest BCUT2D eigenvalue weighted by atomic mass is 10.2. The number of hydrogen-bond donors (Lipinski definition) is 1. The van der Waals surface area contributed by atoms with Crippen LogP contribution in [0, 0.1) is 5.82 Å². The zero-order chi connectivity index (χ0) is 25.2. The Morgan fingerprint density at radius 2 is 2.00 bits per heavy atom. The lowest BCUT2D eigenvalue weighted by molar-refractivity contribution is -0.119. The number of benzene rings is 1. The third-order valence-electron chi connectivity index (χ3n) is 5.95. The van der Waals surface area contributed by atoms with Crippen LogP contribution in [0.25, 0.3) is 11.4 Å². The molecule has 1 N–H and O–H groups in total. The molecule has 0 unspecified atom stereocenters. The van der Waals surface area contributed by atoms with Crippen LogP contribution in [0.15, 0.2) is 35.0 Å². The molecule has 3 aromatic rings. The summed E-state index contributed by atoms with van der Waals surface area (Å²) in [7, 11) is 0. The van der Waals surface area contributed by atoms with Gasteiger partial charge >= 0.3 is 6.09 Å². The summed E-state index contributed by atoms with van der Waals surface area (Å²) in [5.74, 6) is -0.896. The summed E-state index contributed by atoms with van der Waals surface area (Å²) in [5, 5.41) is 6.49. The summed E-state index contributed by atoms with van der Waals surface area (Å²) in [5.41, 5.74) is 1.73. The zero-order valence-electron chi connectivity index (χ0n) is 19.2. The fraction of sp³-hybridized carbons (Fsp3) is 0.364. The predicted octanol–water partition coefficient (Wildman–Crippen LogP) is 1.76. The van der Waals surface area contributed by atoms with E-state index in [4.69, 9.17) is 9.26 Å². The quantitative estimate of drug-likeness (QED) is 0.521. The maximum Gasteiger partial charge on any atom is 0.414 e. The second-order valence-corrected chi connectivity index (χ2v) is 8.89. The van der Waals surface area contributed by atoms with Crippen LogP contribution in [0.4, 0.5) is 20.6 Å². The summed E-state index contributed by atoms with van der Waals surface area (Å²) < 4.78 is 33.5. The predicted molar refractivity (Wildman–Crippen MR) is 126 cm³/mol. The molecule has 2 saturated heterocycles. The molecule has 0 saturated carbocycles. The first kappa shape index (κ1) is 23.7. The van der Waals surface area contributed by atoms with Gasteiger partial charge in [0, 0.05) is 39.2 Å². The van der Waals surface area contributed by atoms with Gasteiger partial charge in [0.05, 0.1) is 42.4 Å². The van der Waals surface area contributed by atoms with Crippen molar-refractivity contribution in [3.05, 3.63) is 42.0 Å². The Bertz CT molecular complexity index is 1280. The molecule has 1 atom stereocenters. The zero-order valence-corrected chi connectivity index (χ0v) is 20.0. The van der Waals surface area contributed by atoms with Gasteiger partial charge in [0.1, 0.15) is 23.3 Å². The number of ether oxygens (including phenoxy) is 1. The molecule has 4 heterocycles. The van der Waals surface area contributed by atoms with Gasteiger partial charge in [-0.1, -0.05) is 5.16 Å². The number of anilines is 2. The minimum absolute atomic E-state index is 0.108. The molecule has 2 aliphatic heterocycles. The highest BCUT2D eigenvalue weighted by atomic mass is 32.1. The molecule has 0 aliphatic carbocycles. The van der Waals surface area contributed by atoms with Crippen LogP contribution in [-0.4, -0.2) is 82.1 Å². The van der Waals surface area contributed by atoms with Gasteiger partial charge in [-0.3, -0.25) is 14.5 Å². The number of nitrogens with one attached hydrogen (secondary N) is 1. The number of hydrogen-bond acceptors (Lipinski definition) is 10. The first-order valence-electron chi connectivity index (χ1n) is 11.2. The van der Waals surface area contributed by atoms with Crippen molar-refractivity contribution >= 4 is 41.0 Å². The van der Waals surface area contributed by atoms with E-state index in [1.807, 2.05) is 4.90 Å². The largest absolute Gasteiger partial charge is 0.442 e. The van der Waals surface area contributed by atoms with E-state index in [1.165, 1.54) is 24.0 Å². The Labute approximate surface area is 208 Å². The first-order chi connectivity index (χ1) is 17.4. The van der Waals surface area contributed by atoms with E-state index in [1.54, 1.807) is 23.2 Å². The summed E-state index contributed by atoms with van der Waals surface area (Å²) >= 11 is 1.04. The van der Waals surface area contributed by atoms with E-state index >= 15 is 4.39 Å². The summed E-state index contributed by atoms with van der Waals surface area (Å²) in [6.45, 7) is 3.37. The van der Waals surface area contributed by atoms with E-state index in [0.29, 0.717) is 48.9 Å². The number of amides is 3. The van der Waals surface area contributed by atoms with Crippen LogP contribution in [0.1, 0.15) is 17.5 Å². The smallest absolute Gasteiger partial charge is 0.414 e. The fourth-order valence-electron chi connectivity index (χ4n) is 4.10. The van der Waals surface area contributed by atoms with Gasteiger partial charge in [0.15, 0.2) is 0 Å². The summed E-state index contributed by atoms with van der Waals surface area (Å²) in [4.78, 5) is 40.9. The number of nitrogens with zero attached hydrogens (tertiary/aromatic N) is 6. The molecular formula is C22H22FN7O5S. The molecule has 3 amide bonds. The molecule has 2 aromatic heterocycles. The second kappa shape index (κ2) is 9.89. The summed E-state index contributed by atoms with van der Waals surface area (Å²) in [6, 6.07) is 6.09. The molecule has 188 valence electrons. The van der Waals surface area contributed by atoms with Gasteiger partial charge in [0.2, 0.25) is 11.7 Å². The van der Waals surface area contributed by atoms with Crippen LogP contribution in [0.5, 0.6) is 0 Å². The van der Waals surface area contributed by atoms with Gasteiger partial charge in [0.25, 0.3) is 5.91 Å². The van der Waals surface area contributed by atoms with Crippen molar-refractivity contribution in [2.75, 3.05) is 49.1 Å². The Morgan fingerprint density at radius 1 is 1.19 bits per heavy atom. The molecule has 1 aromatic carbocycles. The van der Waals surface area contributed by atoms with Crippen LogP contribution >= 0.6 is 11.7 Å². The van der Waals surface area contributed by atoms with Crippen molar-refractivity contribution in [2.45, 2.75) is 13.0 Å². The maximum atomic E-state index is 15.0. The normalized spacial score (nSPS) is 17.9. The molecule has 0 bridgehead atoms. The van der Waals surface area contributed by atoms with Crippen molar-refractivity contribution in [2.24, 2.45) is 0 Å². The van der Waals surface area contributed by atoms with Crippen LogP contribution in [0.2, 0.25) is 0 Å². The highest BCUT2D eigenvalue weighted by Gasteiger charge is 2.33. The molecule has 0 spiro atoms. The number of carbonyl (C=O) groups is 3. The number of halogens is 1. The van der Waals surface area contributed by atoms with Crippen molar-refractivity contribution in [1.29, 1.82) is 0 Å². The monoisotopic (exact) mass is 515 g/mol. The second-order valence-electron chi connectivity index (χ2n) is 8.34. The Hall–Kier alpha value is -4.07. The van der Waals surface area contributed by atoms with E-state index in [9.17, 15) is 14.4 Å². The average Bonchev–Trinajstić information content (AvgIpc) is 3.63. The highest BCUT2D eigenvalue weighted by Crippen LogP contribution is 2.29. The average molecular weight is 516 g/mol. The third-order valence-corrected chi connectivity index (χ3v) is 6.43. The van der Waals surface area contributed by atoms with E-state index in [2.05, 4.69) is 19.2 Å². The summed E-state index contributed by atoms with van der Waals surface area (Å²) in [6.07, 6.45) is 0.450. The molecule has 14 heteroatoms. The van der Waals surface area contributed by atoms with Gasteiger partial charge in [-0.15, -0.1) is 0 Å². The van der Waals surface area contributed by atoms with Gasteiger partial charge < -0.3 is 24.4 Å². The number of carbonyl (C=O) groups excluding carboxylic acids is 3. The number of aromatic nitrogens is 3. The first-order valence-corrected chi connectivity index (χ1v) is 11.9. The van der Waals surface area contributed by atoms with E-state index in [-0.39, 0.29) is 30.7 Å². The maximum absolute atomic E-state index is 15.0. The molecule has 12 nitrogen and oxygen atoms in total. The molecule has 2 fully saturated rings. The minimum atomic E-state index is -0.591. The number of rotatable bonds is 6. The molecular weight excluding hydrogens is 493 g/mol. The fourth-order valence-corrected chi connectivity index (χ4v) is 4.52. The number of piperazine rings is 1. The molecule has 36 heavy (non-hydrogen) atoms. The number of cyclic esters (lactones) is 1. The topological polar surface area (TPSA) is 134 Å². The lowest BCUT2D eigenvalue weighted by Gasteiger charge is -2.35. The van der Waals surface area contributed by atoms with Gasteiger partial charge in [-0.05, 0) is 18.2 Å². The van der Waals surface area contributed by atoms with Crippen molar-refractivity contribution in [1.82, 2.24) is 24.1 Å². The van der Waals surface area contributed by atoms with E-state index < -0.39 is 18.0 Å². The Kier molecular flexibility index (Phi) is 6.50. The molecule has 2 aliphatic rings. The SMILES string of the molecule is CC(=O)NC[C@H]1CN(c2ccc(N3CCN(C(=O)c4cc(-c5cnsn5)no4)CC3)c(F)c2)C(=O)O1. The van der Waals surface area contributed by atoms with Crippen molar-refractivity contribution in [3.63, 3.8) is 0 Å². The third kappa shape index (κ3) is 4.84. The molecule has 0 radical (unpaired) electrons. The van der Waals surface area contributed by atoms with Crippen LogP contribution in [0.3, 0.4) is 0 Å². The lowest BCUT2D eigenvalue weighted by Crippen LogP contribution is -2.49. The highest BCUT2D eigenvalue weighted by molar-refractivity contribution is 6.99. The Balaban J connectivity index is 1.19. The Morgan fingerprint density at radius 3 is 2.69 bits per heavy atom. The van der Waals surface area contributed by atoms with Crippen LogP contribution < -0.4 is 15.1 Å². The minimum Gasteiger partial charge on any atom is -0.442 e. The van der Waals surface area contributed by atoms with Gasteiger partial charge in [-0.25, -0.2) is 9.18 Å². The van der Waals surface area contributed by atoms with Crippen molar-refractivity contribution in [3.8, 4) is 11.4 Å². The molecule has 5 rings (SSSR count). The van der Waals surface area contributed by atoms with Gasteiger partial charge in [-0.2, -0.15) is 8.75 Å². The van der Waals surface area contributed by atoms with E-state index in [0.717, 1.165) is 11.7 Å². The van der Waals surface area contributed by atoms with Crippen LogP contribution in [-0.2, 0) is 9.53 Å².